The number of nitrogen functional groups attached to an aromatic ring is 1. The van der Waals surface area contributed by atoms with Gasteiger partial charge >= 0.3 is 0 Å². The summed E-state index contributed by atoms with van der Waals surface area (Å²) in [6.45, 7) is 2.03. The number of benzene rings is 2. The summed E-state index contributed by atoms with van der Waals surface area (Å²) in [4.78, 5) is 8.25. The Morgan fingerprint density at radius 3 is 2.64 bits per heavy atom. The second-order valence-corrected chi connectivity index (χ2v) is 5.77. The molecule has 0 aliphatic carbocycles. The van der Waals surface area contributed by atoms with E-state index in [0.29, 0.717) is 11.5 Å². The largest absolute Gasteiger partial charge is 0.382 e. The molecule has 2 aromatic carbocycles. The maximum Gasteiger partial charge on any atom is 0.151 e. The van der Waals surface area contributed by atoms with Gasteiger partial charge in [0.15, 0.2) is 5.82 Å². The molecule has 0 atom stereocenters. The molecule has 0 saturated heterocycles. The Labute approximate surface area is 144 Å². The fraction of sp³-hybridized carbons (Fsp3) is 0.0526. The molecule has 2 aromatic heterocycles. The summed E-state index contributed by atoms with van der Waals surface area (Å²) in [6.07, 6.45) is 7.14. The van der Waals surface area contributed by atoms with Crippen LogP contribution in [0, 0.1) is 6.92 Å². The van der Waals surface area contributed by atoms with E-state index < -0.39 is 0 Å². The van der Waals surface area contributed by atoms with Crippen LogP contribution >= 0.6 is 0 Å². The fourth-order valence-corrected chi connectivity index (χ4v) is 2.64. The number of fused-ring (bicyclic) bond motifs is 1. The molecule has 0 spiro atoms. The first-order chi connectivity index (χ1) is 12.2. The van der Waals surface area contributed by atoms with Crippen molar-refractivity contribution in [2.45, 2.75) is 6.92 Å². The predicted octanol–water partition coefficient (Wildman–Crippen LogP) is 4.73. The van der Waals surface area contributed by atoms with Gasteiger partial charge in [-0.1, -0.05) is 17.7 Å². The molecule has 0 amide bonds. The highest BCUT2D eigenvalue weighted by molar-refractivity contribution is 5.96. The van der Waals surface area contributed by atoms with E-state index >= 15 is 0 Å². The monoisotopic (exact) mass is 328 g/mol. The maximum absolute atomic E-state index is 6.01. The Kier molecular flexibility index (Phi) is 3.70. The quantitative estimate of drug-likeness (QED) is 0.552. The normalized spacial score (nSPS) is 11.4. The van der Waals surface area contributed by atoms with Crippen LogP contribution in [-0.4, -0.2) is 14.5 Å². The zero-order valence-electron chi connectivity index (χ0n) is 13.7. The first kappa shape index (κ1) is 15.0. The van der Waals surface area contributed by atoms with Gasteiger partial charge in [-0.25, -0.2) is 9.97 Å². The SMILES string of the molecule is Cc1ccc2cnc(N)c(/N=N/c3ccc(-n4ccnc4)cc3)c2c1. The molecule has 6 nitrogen and oxygen atoms in total. The first-order valence-corrected chi connectivity index (χ1v) is 7.86. The minimum atomic E-state index is 0.372. The van der Waals surface area contributed by atoms with Gasteiger partial charge in [-0.05, 0) is 37.3 Å². The van der Waals surface area contributed by atoms with Crippen molar-refractivity contribution < 1.29 is 0 Å². The minimum absolute atomic E-state index is 0.372. The summed E-state index contributed by atoms with van der Waals surface area (Å²) < 4.78 is 1.93. The number of hydrogen-bond donors (Lipinski definition) is 1. The number of hydrogen-bond acceptors (Lipinski definition) is 5. The Hall–Kier alpha value is -3.54. The summed E-state index contributed by atoms with van der Waals surface area (Å²) in [5.74, 6) is 0.372. The lowest BCUT2D eigenvalue weighted by atomic mass is 10.1. The lowest BCUT2D eigenvalue weighted by molar-refractivity contribution is 1.06. The molecule has 0 fully saturated rings. The molecule has 0 aliphatic rings. The summed E-state index contributed by atoms with van der Waals surface area (Å²) in [7, 11) is 0. The average Bonchev–Trinajstić information content (AvgIpc) is 3.16. The van der Waals surface area contributed by atoms with E-state index in [2.05, 4.69) is 20.2 Å². The van der Waals surface area contributed by atoms with Crippen LogP contribution < -0.4 is 5.73 Å². The van der Waals surface area contributed by atoms with Gasteiger partial charge < -0.3 is 10.3 Å². The van der Waals surface area contributed by atoms with Crippen molar-refractivity contribution in [3.8, 4) is 5.69 Å². The number of azo groups is 1. The van der Waals surface area contributed by atoms with Crippen LogP contribution in [0.2, 0.25) is 0 Å². The minimum Gasteiger partial charge on any atom is -0.382 e. The molecule has 4 aromatic rings. The van der Waals surface area contributed by atoms with Crippen molar-refractivity contribution in [3.63, 3.8) is 0 Å². The van der Waals surface area contributed by atoms with Crippen LogP contribution in [0.5, 0.6) is 0 Å². The molecule has 4 rings (SSSR count). The van der Waals surface area contributed by atoms with Crippen LogP contribution in [0.15, 0.2) is 77.6 Å². The van der Waals surface area contributed by atoms with Gasteiger partial charge in [0.25, 0.3) is 0 Å². The fourth-order valence-electron chi connectivity index (χ4n) is 2.64. The van der Waals surface area contributed by atoms with Crippen molar-refractivity contribution in [1.82, 2.24) is 14.5 Å². The van der Waals surface area contributed by atoms with Crippen LogP contribution in [0.25, 0.3) is 16.5 Å². The Balaban J connectivity index is 1.69. The van der Waals surface area contributed by atoms with Crippen molar-refractivity contribution in [2.24, 2.45) is 10.2 Å². The van der Waals surface area contributed by atoms with E-state index in [1.165, 1.54) is 0 Å². The number of imidazole rings is 1. The van der Waals surface area contributed by atoms with Crippen molar-refractivity contribution in [1.29, 1.82) is 0 Å². The molecule has 122 valence electrons. The van der Waals surface area contributed by atoms with Gasteiger partial charge in [-0.3, -0.25) is 0 Å². The highest BCUT2D eigenvalue weighted by atomic mass is 15.1. The molecular weight excluding hydrogens is 312 g/mol. The predicted molar refractivity (Wildman–Crippen MR) is 98.6 cm³/mol. The highest BCUT2D eigenvalue weighted by Gasteiger charge is 2.06. The summed E-state index contributed by atoms with van der Waals surface area (Å²) in [6, 6.07) is 13.8. The molecule has 2 heterocycles. The smallest absolute Gasteiger partial charge is 0.151 e. The molecule has 0 unspecified atom stereocenters. The van der Waals surface area contributed by atoms with E-state index in [0.717, 1.165) is 27.7 Å². The Bertz CT molecular complexity index is 1040. The lowest BCUT2D eigenvalue weighted by Gasteiger charge is -2.05. The molecule has 0 bridgehead atoms. The molecule has 0 radical (unpaired) electrons. The van der Waals surface area contributed by atoms with E-state index in [-0.39, 0.29) is 0 Å². The van der Waals surface area contributed by atoms with Gasteiger partial charge in [0, 0.05) is 35.1 Å². The van der Waals surface area contributed by atoms with Crippen LogP contribution in [0.1, 0.15) is 5.56 Å². The third kappa shape index (κ3) is 2.97. The highest BCUT2D eigenvalue weighted by Crippen LogP contribution is 2.32. The molecule has 0 saturated carbocycles. The maximum atomic E-state index is 6.01. The van der Waals surface area contributed by atoms with Gasteiger partial charge in [0.1, 0.15) is 5.69 Å². The second kappa shape index (κ2) is 6.16. The zero-order valence-corrected chi connectivity index (χ0v) is 13.7. The Morgan fingerprint density at radius 2 is 1.88 bits per heavy atom. The molecular formula is C19H16N6. The van der Waals surface area contributed by atoms with Gasteiger partial charge in [0.05, 0.1) is 12.0 Å². The lowest BCUT2D eigenvalue weighted by Crippen LogP contribution is -1.91. The number of pyridine rings is 1. The average molecular weight is 328 g/mol. The standard InChI is InChI=1S/C19H16N6/c1-13-2-3-14-11-22-19(20)18(17(14)10-13)24-23-15-4-6-16(7-5-15)25-9-8-21-12-25/h2-12H,1H3,(H2,20,22)/b24-23+. The van der Waals surface area contributed by atoms with Crippen LogP contribution in [-0.2, 0) is 0 Å². The second-order valence-electron chi connectivity index (χ2n) is 5.77. The Morgan fingerprint density at radius 1 is 1.04 bits per heavy atom. The van der Waals surface area contributed by atoms with Gasteiger partial charge in [-0.2, -0.15) is 5.11 Å². The third-order valence-corrected chi connectivity index (χ3v) is 3.97. The summed E-state index contributed by atoms with van der Waals surface area (Å²) in [5, 5.41) is 10.6. The third-order valence-electron chi connectivity index (χ3n) is 3.97. The first-order valence-electron chi connectivity index (χ1n) is 7.86. The molecule has 6 heteroatoms. The van der Waals surface area contributed by atoms with E-state index in [1.807, 2.05) is 60.2 Å². The number of aromatic nitrogens is 3. The number of anilines is 1. The molecule has 0 aliphatic heterocycles. The number of rotatable bonds is 3. The van der Waals surface area contributed by atoms with Gasteiger partial charge in [0.2, 0.25) is 0 Å². The van der Waals surface area contributed by atoms with Crippen molar-refractivity contribution in [3.05, 3.63) is 72.9 Å². The zero-order chi connectivity index (χ0) is 17.2. The van der Waals surface area contributed by atoms with Gasteiger partial charge in [-0.15, -0.1) is 5.11 Å². The van der Waals surface area contributed by atoms with Crippen LogP contribution in [0.3, 0.4) is 0 Å². The van der Waals surface area contributed by atoms with Crippen molar-refractivity contribution in [2.75, 3.05) is 5.73 Å². The van der Waals surface area contributed by atoms with E-state index in [9.17, 15) is 0 Å². The molecule has 25 heavy (non-hydrogen) atoms. The topological polar surface area (TPSA) is 81.5 Å². The number of nitrogens with zero attached hydrogens (tertiary/aromatic N) is 5. The van der Waals surface area contributed by atoms with E-state index in [1.54, 1.807) is 18.7 Å². The van der Waals surface area contributed by atoms with Crippen LogP contribution in [0.4, 0.5) is 17.2 Å². The number of aryl methyl sites for hydroxylation is 1. The van der Waals surface area contributed by atoms with Crippen molar-refractivity contribution >= 4 is 28.0 Å². The summed E-state index contributed by atoms with van der Waals surface area (Å²) in [5.41, 5.74) is 9.51. The molecule has 2 N–H and O–H groups in total. The van der Waals surface area contributed by atoms with E-state index in [4.69, 9.17) is 5.73 Å². The summed E-state index contributed by atoms with van der Waals surface area (Å²) >= 11 is 0. The number of nitrogens with two attached hydrogens (primary N) is 1.